The Morgan fingerprint density at radius 2 is 1.84 bits per heavy atom. The summed E-state index contributed by atoms with van der Waals surface area (Å²) in [4.78, 5) is 11.7. The van der Waals surface area contributed by atoms with E-state index in [0.29, 0.717) is 17.4 Å². The molecule has 0 radical (unpaired) electrons. The van der Waals surface area contributed by atoms with E-state index in [1.165, 1.54) is 24.3 Å². The lowest BCUT2D eigenvalue weighted by atomic mass is 9.85. The third-order valence-corrected chi connectivity index (χ3v) is 6.19. The van der Waals surface area contributed by atoms with E-state index in [1.807, 2.05) is 0 Å². The van der Waals surface area contributed by atoms with Crippen LogP contribution in [-0.2, 0) is 14.8 Å². The Labute approximate surface area is 143 Å². The van der Waals surface area contributed by atoms with Crippen LogP contribution >= 0.6 is 0 Å². The number of carbonyl (C=O) groups excluding carboxylic acids is 1. The number of benzene rings is 1. The SMILES string of the molecule is CCC1(N(c2ccccc2O)S(=O)(=O)C(=O)C(F)(F)F)CCNCC1. The maximum absolute atomic E-state index is 12.9. The molecule has 25 heavy (non-hydrogen) atoms. The molecule has 0 atom stereocenters. The van der Waals surface area contributed by atoms with Crippen molar-refractivity contribution in [3.8, 4) is 5.75 Å². The molecule has 1 aromatic rings. The lowest BCUT2D eigenvalue weighted by Crippen LogP contribution is -2.59. The van der Waals surface area contributed by atoms with Crippen LogP contribution in [-0.4, -0.2) is 43.4 Å². The van der Waals surface area contributed by atoms with Crippen molar-refractivity contribution in [2.45, 2.75) is 37.9 Å². The zero-order chi connectivity index (χ0) is 18.9. The third kappa shape index (κ3) is 3.59. The number of phenols is 1. The number of carbonyl (C=O) groups is 1. The second kappa shape index (κ2) is 6.83. The Morgan fingerprint density at radius 1 is 1.28 bits per heavy atom. The number of piperidine rings is 1. The first-order chi connectivity index (χ1) is 11.6. The van der Waals surface area contributed by atoms with Crippen molar-refractivity contribution in [3.05, 3.63) is 24.3 Å². The van der Waals surface area contributed by atoms with Gasteiger partial charge in [-0.15, -0.1) is 0 Å². The Bertz CT molecular complexity index is 743. The second-order valence-electron chi connectivity index (χ2n) is 5.87. The average molecular weight is 380 g/mol. The fourth-order valence-corrected chi connectivity index (χ4v) is 4.79. The molecule has 0 amide bonds. The van der Waals surface area contributed by atoms with E-state index >= 15 is 0 Å². The maximum atomic E-state index is 12.9. The number of nitrogens with zero attached hydrogens (tertiary/aromatic N) is 1. The van der Waals surface area contributed by atoms with Crippen molar-refractivity contribution < 1.29 is 31.5 Å². The molecular formula is C15H19F3N2O4S. The van der Waals surface area contributed by atoms with Gasteiger partial charge in [-0.05, 0) is 44.5 Å². The minimum atomic E-state index is -5.54. The summed E-state index contributed by atoms with van der Waals surface area (Å²) >= 11 is 0. The van der Waals surface area contributed by atoms with Gasteiger partial charge in [0.25, 0.3) is 0 Å². The van der Waals surface area contributed by atoms with Gasteiger partial charge >= 0.3 is 21.3 Å². The van der Waals surface area contributed by atoms with E-state index in [0.717, 1.165) is 0 Å². The van der Waals surface area contributed by atoms with E-state index < -0.39 is 32.6 Å². The van der Waals surface area contributed by atoms with Gasteiger partial charge in [0.2, 0.25) is 0 Å². The zero-order valence-corrected chi connectivity index (χ0v) is 14.3. The van der Waals surface area contributed by atoms with Gasteiger partial charge in [0, 0.05) is 0 Å². The molecule has 1 heterocycles. The van der Waals surface area contributed by atoms with Crippen LogP contribution in [0.4, 0.5) is 18.9 Å². The van der Waals surface area contributed by atoms with Gasteiger partial charge in [-0.2, -0.15) is 21.6 Å². The normalized spacial score (nSPS) is 17.9. The van der Waals surface area contributed by atoms with Crippen molar-refractivity contribution in [1.82, 2.24) is 5.32 Å². The fraction of sp³-hybridized carbons (Fsp3) is 0.533. The molecular weight excluding hydrogens is 361 g/mol. The summed E-state index contributed by atoms with van der Waals surface area (Å²) < 4.78 is 64.4. The van der Waals surface area contributed by atoms with Crippen LogP contribution in [0.1, 0.15) is 26.2 Å². The highest BCUT2D eigenvalue weighted by Gasteiger charge is 2.55. The van der Waals surface area contributed by atoms with Crippen molar-refractivity contribution in [2.24, 2.45) is 0 Å². The van der Waals surface area contributed by atoms with E-state index in [4.69, 9.17) is 0 Å². The summed E-state index contributed by atoms with van der Waals surface area (Å²) in [6.45, 7) is 2.41. The van der Waals surface area contributed by atoms with Crippen molar-refractivity contribution >= 4 is 20.8 Å². The second-order valence-corrected chi connectivity index (χ2v) is 7.56. The minimum Gasteiger partial charge on any atom is -0.506 e. The Hall–Kier alpha value is -1.81. The number of halogens is 3. The monoisotopic (exact) mass is 380 g/mol. The summed E-state index contributed by atoms with van der Waals surface area (Å²) in [5, 5.41) is 10.2. The molecule has 0 bridgehead atoms. The maximum Gasteiger partial charge on any atom is 0.468 e. The van der Waals surface area contributed by atoms with Crippen LogP contribution in [0.2, 0.25) is 0 Å². The van der Waals surface area contributed by atoms with Crippen molar-refractivity contribution in [1.29, 1.82) is 0 Å². The highest BCUT2D eigenvalue weighted by atomic mass is 32.2. The molecule has 0 unspecified atom stereocenters. The number of para-hydroxylation sites is 2. The van der Waals surface area contributed by atoms with Gasteiger partial charge in [-0.3, -0.25) is 9.10 Å². The number of alkyl halides is 3. The third-order valence-electron chi connectivity index (χ3n) is 4.43. The number of hydrogen-bond donors (Lipinski definition) is 2. The molecule has 10 heteroatoms. The van der Waals surface area contributed by atoms with E-state index in [1.54, 1.807) is 6.92 Å². The summed E-state index contributed by atoms with van der Waals surface area (Å²) in [7, 11) is -5.42. The predicted molar refractivity (Wildman–Crippen MR) is 85.7 cm³/mol. The molecule has 0 aliphatic carbocycles. The summed E-state index contributed by atoms with van der Waals surface area (Å²) in [5.41, 5.74) is -1.56. The first-order valence-electron chi connectivity index (χ1n) is 7.71. The van der Waals surface area contributed by atoms with Gasteiger partial charge in [0.05, 0.1) is 11.2 Å². The molecule has 140 valence electrons. The van der Waals surface area contributed by atoms with Crippen LogP contribution in [0.25, 0.3) is 0 Å². The molecule has 0 saturated carbocycles. The molecule has 0 aromatic heterocycles. The fourth-order valence-electron chi connectivity index (χ4n) is 3.10. The zero-order valence-electron chi connectivity index (χ0n) is 13.5. The molecule has 1 aliphatic heterocycles. The Morgan fingerprint density at radius 3 is 2.32 bits per heavy atom. The minimum absolute atomic E-state index is 0.188. The molecule has 1 aromatic carbocycles. The average Bonchev–Trinajstić information content (AvgIpc) is 2.56. The number of rotatable bonds is 4. The summed E-state index contributed by atoms with van der Waals surface area (Å²) in [6.07, 6.45) is -4.93. The van der Waals surface area contributed by atoms with Gasteiger partial charge in [0.15, 0.2) is 0 Å². The predicted octanol–water partition coefficient (Wildman–Crippen LogP) is 2.15. The lowest BCUT2D eigenvalue weighted by Gasteiger charge is -2.46. The topological polar surface area (TPSA) is 86.7 Å². The lowest BCUT2D eigenvalue weighted by molar-refractivity contribution is -0.161. The summed E-state index contributed by atoms with van der Waals surface area (Å²) in [5.74, 6) is -0.507. The van der Waals surface area contributed by atoms with Crippen molar-refractivity contribution in [3.63, 3.8) is 0 Å². The standard InChI is InChI=1S/C15H19F3N2O4S/c1-2-14(7-9-19-10-8-14)20(11-5-3-4-6-12(11)21)25(23,24)13(22)15(16,17)18/h3-6,19,21H,2,7-10H2,1H3. The highest BCUT2D eigenvalue weighted by molar-refractivity contribution is 8.07. The molecule has 1 aliphatic rings. The quantitative estimate of drug-likeness (QED) is 0.836. The molecule has 1 fully saturated rings. The van der Waals surface area contributed by atoms with E-state index in [-0.39, 0.29) is 24.9 Å². The van der Waals surface area contributed by atoms with Gasteiger partial charge < -0.3 is 10.4 Å². The smallest absolute Gasteiger partial charge is 0.468 e. The molecule has 6 nitrogen and oxygen atoms in total. The van der Waals surface area contributed by atoms with Crippen LogP contribution in [0, 0.1) is 0 Å². The first-order valence-corrected chi connectivity index (χ1v) is 9.15. The molecule has 2 N–H and O–H groups in total. The number of sulfonamides is 1. The highest BCUT2D eigenvalue weighted by Crippen LogP contribution is 2.42. The van der Waals surface area contributed by atoms with Crippen LogP contribution in [0.5, 0.6) is 5.75 Å². The Kier molecular flexibility index (Phi) is 5.33. The van der Waals surface area contributed by atoms with Crippen LogP contribution in [0.15, 0.2) is 24.3 Å². The van der Waals surface area contributed by atoms with Gasteiger partial charge in [-0.1, -0.05) is 19.1 Å². The molecule has 2 rings (SSSR count). The number of phenolic OH excluding ortho intramolecular Hbond substituents is 1. The first kappa shape index (κ1) is 19.5. The number of aromatic hydroxyl groups is 1. The molecule has 0 spiro atoms. The van der Waals surface area contributed by atoms with Crippen LogP contribution < -0.4 is 9.62 Å². The van der Waals surface area contributed by atoms with Crippen molar-refractivity contribution in [2.75, 3.05) is 17.4 Å². The summed E-state index contributed by atoms with van der Waals surface area (Å²) in [6, 6.07) is 5.16. The Balaban J connectivity index is 2.69. The van der Waals surface area contributed by atoms with E-state index in [2.05, 4.69) is 5.32 Å². The van der Waals surface area contributed by atoms with Crippen LogP contribution in [0.3, 0.4) is 0 Å². The van der Waals surface area contributed by atoms with Gasteiger partial charge in [-0.25, -0.2) is 0 Å². The number of anilines is 1. The van der Waals surface area contributed by atoms with E-state index in [9.17, 15) is 31.5 Å². The molecule has 1 saturated heterocycles. The largest absolute Gasteiger partial charge is 0.506 e. The van der Waals surface area contributed by atoms with Gasteiger partial charge in [0.1, 0.15) is 5.75 Å². The number of hydrogen-bond acceptors (Lipinski definition) is 5. The number of nitrogens with one attached hydrogen (secondary N) is 1.